The summed E-state index contributed by atoms with van der Waals surface area (Å²) < 4.78 is 56.6. The third kappa shape index (κ3) is 5.18. The Morgan fingerprint density at radius 1 is 0.930 bits per heavy atom. The Bertz CT molecular complexity index is 2060. The highest BCUT2D eigenvalue weighted by atomic mass is 19.1. The molecule has 6 aromatic rings. The zero-order valence-electron chi connectivity index (χ0n) is 22.7. The van der Waals surface area contributed by atoms with E-state index in [1.807, 2.05) is 0 Å². The van der Waals surface area contributed by atoms with Gasteiger partial charge in [-0.05, 0) is 74.9 Å². The van der Waals surface area contributed by atoms with E-state index in [4.69, 9.17) is 20.0 Å². The minimum absolute atomic E-state index is 0. The smallest absolute Gasteiger partial charge is 0.200 e. The first-order valence-electron chi connectivity index (χ1n) is 13.1. The van der Waals surface area contributed by atoms with Gasteiger partial charge in [0.05, 0.1) is 22.4 Å². The average Bonchev–Trinajstić information content (AvgIpc) is 3.35. The second kappa shape index (κ2) is 11.2. The third-order valence-electron chi connectivity index (χ3n) is 6.83. The maximum atomic E-state index is 15.0. The van der Waals surface area contributed by atoms with Crippen molar-refractivity contribution in [1.82, 2.24) is 19.7 Å². The van der Waals surface area contributed by atoms with Crippen molar-refractivity contribution in [2.24, 2.45) is 0 Å². The summed E-state index contributed by atoms with van der Waals surface area (Å²) in [6, 6.07) is 12.7. The van der Waals surface area contributed by atoms with E-state index in [2.05, 4.69) is 9.97 Å². The molecule has 3 aromatic heterocycles. The molecule has 0 spiro atoms. The van der Waals surface area contributed by atoms with Gasteiger partial charge < -0.3 is 14.9 Å². The van der Waals surface area contributed by atoms with Gasteiger partial charge in [-0.3, -0.25) is 4.79 Å². The van der Waals surface area contributed by atoms with Crippen LogP contribution in [0.2, 0.25) is 0 Å². The van der Waals surface area contributed by atoms with Gasteiger partial charge in [0.1, 0.15) is 46.9 Å². The second-order valence-electron chi connectivity index (χ2n) is 10.1. The number of anilines is 1. The minimum Gasteiger partial charge on any atom is -0.488 e. The normalized spacial score (nSPS) is 12.1. The molecule has 0 aliphatic heterocycles. The van der Waals surface area contributed by atoms with Gasteiger partial charge in [0.25, 0.3) is 0 Å². The maximum Gasteiger partial charge on any atom is 0.200 e. The fourth-order valence-electron chi connectivity index (χ4n) is 4.97. The van der Waals surface area contributed by atoms with Gasteiger partial charge in [0.2, 0.25) is 5.43 Å². The predicted molar refractivity (Wildman–Crippen MR) is 159 cm³/mol. The number of fused-ring (bicyclic) bond motifs is 2. The van der Waals surface area contributed by atoms with Gasteiger partial charge in [-0.25, -0.2) is 27.8 Å². The van der Waals surface area contributed by atoms with Crippen molar-refractivity contribution in [2.75, 3.05) is 5.73 Å². The summed E-state index contributed by atoms with van der Waals surface area (Å²) in [6.45, 7) is 5.30. The van der Waals surface area contributed by atoms with Crippen molar-refractivity contribution >= 4 is 27.8 Å². The molecule has 8 nitrogen and oxygen atoms in total. The number of nitrogen functional groups attached to an aromatic ring is 1. The quantitative estimate of drug-likeness (QED) is 0.218. The summed E-state index contributed by atoms with van der Waals surface area (Å²) in [7, 11) is 0. The van der Waals surface area contributed by atoms with Gasteiger partial charge in [-0.2, -0.15) is 5.10 Å². The highest BCUT2D eigenvalue weighted by molar-refractivity contribution is 5.98. The summed E-state index contributed by atoms with van der Waals surface area (Å²) >= 11 is 0. The SMILES string of the molecule is C.CC(C)Oc1ccc(-c2nn([C@@H](C)c3oc4ccc(F)cc4c(=O)c3-c3cccc(F)c3)c3ncnc(N)c23)cc1F. The van der Waals surface area contributed by atoms with Crippen LogP contribution in [0.3, 0.4) is 0 Å². The van der Waals surface area contributed by atoms with Crippen LogP contribution in [0.4, 0.5) is 19.0 Å². The third-order valence-corrected chi connectivity index (χ3v) is 6.83. The van der Waals surface area contributed by atoms with Crippen LogP contribution in [0.25, 0.3) is 44.4 Å². The lowest BCUT2D eigenvalue weighted by molar-refractivity contribution is 0.231. The van der Waals surface area contributed by atoms with E-state index in [0.717, 1.165) is 6.07 Å². The van der Waals surface area contributed by atoms with E-state index in [1.54, 1.807) is 32.9 Å². The molecule has 0 unspecified atom stereocenters. The van der Waals surface area contributed by atoms with E-state index in [0.29, 0.717) is 22.3 Å². The number of aromatic nitrogens is 4. The van der Waals surface area contributed by atoms with Crippen LogP contribution in [-0.4, -0.2) is 25.9 Å². The van der Waals surface area contributed by atoms with Gasteiger partial charge in [-0.15, -0.1) is 0 Å². The maximum absolute atomic E-state index is 15.0. The summed E-state index contributed by atoms with van der Waals surface area (Å²) in [6.07, 6.45) is 1.04. The Morgan fingerprint density at radius 2 is 1.70 bits per heavy atom. The van der Waals surface area contributed by atoms with Crippen LogP contribution in [-0.2, 0) is 0 Å². The zero-order valence-corrected chi connectivity index (χ0v) is 22.7. The number of ether oxygens (including phenoxy) is 1. The monoisotopic (exact) mass is 587 g/mol. The Balaban J connectivity index is 0.00000368. The number of halogens is 3. The molecule has 0 aliphatic carbocycles. The van der Waals surface area contributed by atoms with Crippen molar-refractivity contribution in [3.05, 3.63) is 100 Å². The topological polar surface area (TPSA) is 109 Å². The van der Waals surface area contributed by atoms with Crippen molar-refractivity contribution in [1.29, 1.82) is 0 Å². The van der Waals surface area contributed by atoms with E-state index < -0.39 is 28.9 Å². The molecule has 3 heterocycles. The molecule has 2 N–H and O–H groups in total. The number of hydrogen-bond donors (Lipinski definition) is 1. The Hall–Kier alpha value is -5.19. The molecule has 0 bridgehead atoms. The summed E-state index contributed by atoms with van der Waals surface area (Å²) in [5.41, 5.74) is 7.10. The summed E-state index contributed by atoms with van der Waals surface area (Å²) in [5, 5.41) is 5.10. The fraction of sp³-hybridized carbons (Fsp3) is 0.188. The van der Waals surface area contributed by atoms with Crippen LogP contribution in [0.15, 0.2) is 76.2 Å². The van der Waals surface area contributed by atoms with Crippen molar-refractivity contribution < 1.29 is 22.3 Å². The van der Waals surface area contributed by atoms with Crippen molar-refractivity contribution in [2.45, 2.75) is 40.3 Å². The van der Waals surface area contributed by atoms with Crippen LogP contribution >= 0.6 is 0 Å². The average molecular weight is 588 g/mol. The van der Waals surface area contributed by atoms with Gasteiger partial charge in [-0.1, -0.05) is 19.6 Å². The molecule has 1 atom stereocenters. The molecule has 0 aliphatic rings. The zero-order chi connectivity index (χ0) is 29.7. The van der Waals surface area contributed by atoms with Crippen LogP contribution in [0.1, 0.15) is 40.0 Å². The Labute approximate surface area is 244 Å². The Morgan fingerprint density at radius 3 is 2.42 bits per heavy atom. The molecule has 11 heteroatoms. The molecule has 0 radical (unpaired) electrons. The molecule has 0 saturated heterocycles. The van der Waals surface area contributed by atoms with Gasteiger partial charge in [0.15, 0.2) is 17.2 Å². The Kier molecular flexibility index (Phi) is 7.66. The molecule has 6 rings (SSSR count). The van der Waals surface area contributed by atoms with E-state index in [9.17, 15) is 18.0 Å². The lowest BCUT2D eigenvalue weighted by Gasteiger charge is -2.17. The van der Waals surface area contributed by atoms with E-state index >= 15 is 0 Å². The molecule has 43 heavy (non-hydrogen) atoms. The number of nitrogens with zero attached hydrogens (tertiary/aromatic N) is 4. The standard InChI is InChI=1S/C31H24F3N5O3.CH4/c1-15(2)41-24-9-7-18(12-22(24)34)27-26-30(35)36-14-37-31(26)39(38-27)16(3)29-25(17-5-4-6-19(32)11-17)28(40)21-13-20(33)8-10-23(21)42-29;/h4-16H,1-3H3,(H2,35,36,37);1H4/t16-;/m0./s1. The van der Waals surface area contributed by atoms with Crippen LogP contribution < -0.4 is 15.9 Å². The lowest BCUT2D eigenvalue weighted by Crippen LogP contribution is -2.16. The highest BCUT2D eigenvalue weighted by Gasteiger charge is 2.27. The van der Waals surface area contributed by atoms with E-state index in [-0.39, 0.29) is 53.0 Å². The number of nitrogens with two attached hydrogens (primary N) is 1. The molecule has 3 aromatic carbocycles. The molecular weight excluding hydrogens is 559 g/mol. The van der Waals surface area contributed by atoms with Crippen LogP contribution in [0, 0.1) is 17.5 Å². The van der Waals surface area contributed by atoms with Crippen LogP contribution in [0.5, 0.6) is 5.75 Å². The second-order valence-corrected chi connectivity index (χ2v) is 10.1. The molecular formula is C32H28F3N5O3. The largest absolute Gasteiger partial charge is 0.488 e. The predicted octanol–water partition coefficient (Wildman–Crippen LogP) is 7.30. The number of benzene rings is 3. The molecule has 220 valence electrons. The van der Waals surface area contributed by atoms with Gasteiger partial charge in [0, 0.05) is 5.56 Å². The molecule has 0 fully saturated rings. The lowest BCUT2D eigenvalue weighted by atomic mass is 9.99. The minimum atomic E-state index is -0.815. The van der Waals surface area contributed by atoms with Crippen molar-refractivity contribution in [3.8, 4) is 28.1 Å². The van der Waals surface area contributed by atoms with Crippen molar-refractivity contribution in [3.63, 3.8) is 0 Å². The number of rotatable bonds is 6. The van der Waals surface area contributed by atoms with E-state index in [1.165, 1.54) is 53.5 Å². The number of hydrogen-bond acceptors (Lipinski definition) is 7. The highest BCUT2D eigenvalue weighted by Crippen LogP contribution is 2.37. The molecule has 0 amide bonds. The first-order chi connectivity index (χ1) is 20.1. The first-order valence-corrected chi connectivity index (χ1v) is 13.1. The summed E-state index contributed by atoms with van der Waals surface area (Å²) in [4.78, 5) is 22.3. The fourth-order valence-corrected chi connectivity index (χ4v) is 4.97. The molecule has 0 saturated carbocycles. The summed E-state index contributed by atoms with van der Waals surface area (Å²) in [5.74, 6) is -1.45. The van der Waals surface area contributed by atoms with Gasteiger partial charge >= 0.3 is 0 Å². The first kappa shape index (κ1) is 29.3.